The summed E-state index contributed by atoms with van der Waals surface area (Å²) in [6, 6.07) is 6.85. The van der Waals surface area contributed by atoms with Gasteiger partial charge in [0.25, 0.3) is 0 Å². The first-order valence-corrected chi connectivity index (χ1v) is 3.50. The maximum atomic E-state index is 10.7. The van der Waals surface area contributed by atoms with Crippen LogP contribution < -0.4 is 0 Å². The van der Waals surface area contributed by atoms with E-state index in [2.05, 4.69) is 11.2 Å². The van der Waals surface area contributed by atoms with Gasteiger partial charge < -0.3 is 10.1 Å². The Morgan fingerprint density at radius 3 is 3.08 bits per heavy atom. The zero-order valence-corrected chi connectivity index (χ0v) is 6.16. The van der Waals surface area contributed by atoms with Crippen LogP contribution in [0.4, 0.5) is 0 Å². The highest BCUT2D eigenvalue weighted by Gasteiger charge is 2.07. The van der Waals surface area contributed by atoms with Gasteiger partial charge in [-0.15, -0.1) is 0 Å². The van der Waals surface area contributed by atoms with Gasteiger partial charge >= 0.3 is 5.97 Å². The molecule has 1 aromatic heterocycles. The van der Waals surface area contributed by atoms with Crippen LogP contribution in [0.25, 0.3) is 10.9 Å². The fraction of sp³-hybridized carbons (Fsp3) is 0. The van der Waals surface area contributed by atoms with Crippen molar-refractivity contribution in [3.05, 3.63) is 36.0 Å². The number of aromatic nitrogens is 1. The molecule has 0 spiro atoms. The second kappa shape index (κ2) is 2.37. The molecule has 1 radical (unpaired) electrons. The van der Waals surface area contributed by atoms with Crippen LogP contribution in [0.5, 0.6) is 0 Å². The maximum absolute atomic E-state index is 10.7. The van der Waals surface area contributed by atoms with Crippen molar-refractivity contribution in [1.29, 1.82) is 0 Å². The van der Waals surface area contributed by atoms with Crippen LogP contribution in [0.15, 0.2) is 24.3 Å². The predicted octanol–water partition coefficient (Wildman–Crippen LogP) is 1.67. The van der Waals surface area contributed by atoms with Crippen LogP contribution in [-0.4, -0.2) is 16.1 Å². The first-order chi connectivity index (χ1) is 5.79. The topological polar surface area (TPSA) is 53.1 Å². The molecule has 2 N–H and O–H groups in total. The van der Waals surface area contributed by atoms with Gasteiger partial charge in [-0.2, -0.15) is 0 Å². The van der Waals surface area contributed by atoms with E-state index < -0.39 is 5.97 Å². The lowest BCUT2D eigenvalue weighted by Crippen LogP contribution is -1.96. The molecule has 0 bridgehead atoms. The van der Waals surface area contributed by atoms with Crippen molar-refractivity contribution in [2.45, 2.75) is 0 Å². The summed E-state index contributed by atoms with van der Waals surface area (Å²) in [5, 5.41) is 9.64. The molecular formula is C9H6NO2. The minimum atomic E-state index is -0.920. The predicted molar refractivity (Wildman–Crippen MR) is 44.1 cm³/mol. The van der Waals surface area contributed by atoms with E-state index in [1.54, 1.807) is 18.2 Å². The number of fused-ring (bicyclic) bond motifs is 1. The Kier molecular flexibility index (Phi) is 1.37. The number of carboxylic acid groups (broad SMARTS) is 1. The van der Waals surface area contributed by atoms with E-state index in [9.17, 15) is 4.79 Å². The Morgan fingerprint density at radius 2 is 2.33 bits per heavy atom. The van der Waals surface area contributed by atoms with E-state index in [0.717, 1.165) is 5.39 Å². The number of carbonyl (C=O) groups is 1. The van der Waals surface area contributed by atoms with E-state index in [0.29, 0.717) is 5.52 Å². The van der Waals surface area contributed by atoms with E-state index in [-0.39, 0.29) is 5.56 Å². The number of benzene rings is 1. The molecule has 0 atom stereocenters. The summed E-state index contributed by atoms with van der Waals surface area (Å²) in [7, 11) is 0. The smallest absolute Gasteiger partial charge is 0.337 e. The molecule has 0 aliphatic heterocycles. The third kappa shape index (κ3) is 0.871. The van der Waals surface area contributed by atoms with Crippen molar-refractivity contribution in [2.75, 3.05) is 0 Å². The Labute approximate surface area is 68.6 Å². The highest BCUT2D eigenvalue weighted by molar-refractivity contribution is 6.01. The number of rotatable bonds is 1. The Balaban J connectivity index is 2.82. The Bertz CT molecular complexity index is 431. The molecule has 3 heteroatoms. The van der Waals surface area contributed by atoms with Gasteiger partial charge in [-0.05, 0) is 12.1 Å². The van der Waals surface area contributed by atoms with Crippen LogP contribution >= 0.6 is 0 Å². The summed E-state index contributed by atoms with van der Waals surface area (Å²) >= 11 is 0. The number of hydrogen-bond acceptors (Lipinski definition) is 1. The Morgan fingerprint density at radius 1 is 1.50 bits per heavy atom. The summed E-state index contributed by atoms with van der Waals surface area (Å²) in [4.78, 5) is 13.4. The molecule has 12 heavy (non-hydrogen) atoms. The van der Waals surface area contributed by atoms with Gasteiger partial charge in [-0.1, -0.05) is 12.1 Å². The van der Waals surface area contributed by atoms with Crippen molar-refractivity contribution in [3.63, 3.8) is 0 Å². The van der Waals surface area contributed by atoms with Gasteiger partial charge in [0.15, 0.2) is 0 Å². The molecular weight excluding hydrogens is 154 g/mol. The van der Waals surface area contributed by atoms with Crippen LogP contribution in [0, 0.1) is 6.20 Å². The van der Waals surface area contributed by atoms with Gasteiger partial charge in [0.2, 0.25) is 0 Å². The van der Waals surface area contributed by atoms with Crippen molar-refractivity contribution in [2.24, 2.45) is 0 Å². The molecule has 0 aliphatic carbocycles. The number of para-hydroxylation sites is 1. The van der Waals surface area contributed by atoms with Gasteiger partial charge in [-0.3, -0.25) is 0 Å². The largest absolute Gasteiger partial charge is 0.478 e. The molecule has 0 saturated heterocycles. The van der Waals surface area contributed by atoms with Crippen molar-refractivity contribution >= 4 is 16.9 Å². The summed E-state index contributed by atoms with van der Waals surface area (Å²) in [5.74, 6) is -0.920. The Hall–Kier alpha value is -1.77. The SMILES string of the molecule is O=C(O)c1cccc2c[c][nH]c12. The number of nitrogens with one attached hydrogen (secondary N) is 1. The van der Waals surface area contributed by atoms with Gasteiger partial charge in [-0.25, -0.2) is 4.79 Å². The lowest BCUT2D eigenvalue weighted by atomic mass is 10.1. The fourth-order valence-corrected chi connectivity index (χ4v) is 1.19. The highest BCUT2D eigenvalue weighted by atomic mass is 16.4. The number of aromatic amines is 1. The third-order valence-corrected chi connectivity index (χ3v) is 1.75. The van der Waals surface area contributed by atoms with E-state index in [1.165, 1.54) is 0 Å². The zero-order valence-electron chi connectivity index (χ0n) is 6.16. The second-order valence-corrected chi connectivity index (χ2v) is 2.49. The average Bonchev–Trinajstić information content (AvgIpc) is 2.49. The lowest BCUT2D eigenvalue weighted by molar-refractivity contribution is 0.0699. The summed E-state index contributed by atoms with van der Waals surface area (Å²) in [6.07, 6.45) is 2.74. The van der Waals surface area contributed by atoms with E-state index >= 15 is 0 Å². The number of aromatic carboxylic acids is 1. The quantitative estimate of drug-likeness (QED) is 0.666. The zero-order chi connectivity index (χ0) is 8.55. The molecule has 0 aliphatic rings. The van der Waals surface area contributed by atoms with Crippen molar-refractivity contribution < 1.29 is 9.90 Å². The highest BCUT2D eigenvalue weighted by Crippen LogP contribution is 2.15. The summed E-state index contributed by atoms with van der Waals surface area (Å²) < 4.78 is 0. The van der Waals surface area contributed by atoms with Crippen molar-refractivity contribution in [3.8, 4) is 0 Å². The normalized spacial score (nSPS) is 10.3. The lowest BCUT2D eigenvalue weighted by Gasteiger charge is -1.95. The molecule has 0 unspecified atom stereocenters. The van der Waals surface area contributed by atoms with Crippen LogP contribution in [0.2, 0.25) is 0 Å². The molecule has 1 aromatic carbocycles. The minimum Gasteiger partial charge on any atom is -0.478 e. The van der Waals surface area contributed by atoms with Crippen molar-refractivity contribution in [1.82, 2.24) is 4.98 Å². The van der Waals surface area contributed by atoms with Crippen LogP contribution in [0.3, 0.4) is 0 Å². The standard InChI is InChI=1S/C9H6NO2/c11-9(12)7-3-1-2-6-4-5-10-8(6)7/h1-4,10H,(H,11,12). The molecule has 2 aromatic rings. The summed E-state index contributed by atoms with van der Waals surface area (Å²) in [5.41, 5.74) is 0.916. The number of H-pyrrole nitrogens is 1. The monoisotopic (exact) mass is 160 g/mol. The van der Waals surface area contributed by atoms with Crippen LogP contribution in [-0.2, 0) is 0 Å². The molecule has 2 rings (SSSR count). The molecule has 3 nitrogen and oxygen atoms in total. The molecule has 59 valence electrons. The number of hydrogen-bond donors (Lipinski definition) is 2. The van der Waals surface area contributed by atoms with Crippen LogP contribution in [0.1, 0.15) is 10.4 Å². The van der Waals surface area contributed by atoms with E-state index in [1.807, 2.05) is 6.07 Å². The minimum absolute atomic E-state index is 0.286. The second-order valence-electron chi connectivity index (χ2n) is 2.49. The molecule has 0 saturated carbocycles. The molecule has 0 fully saturated rings. The first-order valence-electron chi connectivity index (χ1n) is 3.50. The number of carboxylic acids is 1. The first kappa shape index (κ1) is 6.91. The van der Waals surface area contributed by atoms with Gasteiger partial charge in [0.1, 0.15) is 0 Å². The van der Waals surface area contributed by atoms with E-state index in [4.69, 9.17) is 5.11 Å². The third-order valence-electron chi connectivity index (χ3n) is 1.75. The van der Waals surface area contributed by atoms with Gasteiger partial charge in [0.05, 0.1) is 17.3 Å². The fourth-order valence-electron chi connectivity index (χ4n) is 1.19. The average molecular weight is 160 g/mol. The molecule has 0 amide bonds. The maximum Gasteiger partial charge on any atom is 0.337 e. The molecule has 1 heterocycles. The summed E-state index contributed by atoms with van der Waals surface area (Å²) in [6.45, 7) is 0. The van der Waals surface area contributed by atoms with Gasteiger partial charge in [0, 0.05) is 5.39 Å².